The Morgan fingerprint density at radius 2 is 2.12 bits per heavy atom. The Bertz CT molecular complexity index is 517. The first-order chi connectivity index (χ1) is 7.91. The molecule has 2 N–H and O–H groups in total. The molecule has 5 nitrogen and oxygen atoms in total. The molecule has 0 bridgehead atoms. The molecule has 0 aliphatic rings. The van der Waals surface area contributed by atoms with Crippen LogP contribution in [0.25, 0.3) is 4.96 Å². The van der Waals surface area contributed by atoms with Gasteiger partial charge in [-0.1, -0.05) is 18.3 Å². The molecule has 2 aromatic rings. The highest BCUT2D eigenvalue weighted by Gasteiger charge is 2.38. The van der Waals surface area contributed by atoms with Gasteiger partial charge in [0.15, 0.2) is 0 Å². The van der Waals surface area contributed by atoms with Crippen LogP contribution in [0.1, 0.15) is 17.8 Å². The Labute approximate surface area is 98.4 Å². The molecular weight excluding hydrogens is 255 g/mol. The van der Waals surface area contributed by atoms with Crippen LogP contribution in [0.5, 0.6) is 0 Å². The van der Waals surface area contributed by atoms with Gasteiger partial charge in [0.25, 0.3) is 5.82 Å². The quantitative estimate of drug-likeness (QED) is 0.909. The lowest BCUT2D eigenvalue weighted by Gasteiger charge is -2.03. The molecule has 2 rings (SSSR count). The van der Waals surface area contributed by atoms with Gasteiger partial charge in [0, 0.05) is 6.42 Å². The summed E-state index contributed by atoms with van der Waals surface area (Å²) in [6.45, 7) is 2.37. The third-order valence-electron chi connectivity index (χ3n) is 2.21. The molecule has 0 saturated carbocycles. The number of hydrogen-bond acceptors (Lipinski definition) is 5. The zero-order valence-corrected chi connectivity index (χ0v) is 9.72. The first-order valence-electron chi connectivity index (χ1n) is 4.90. The van der Waals surface area contributed by atoms with Gasteiger partial charge in [-0.3, -0.25) is 0 Å². The van der Waals surface area contributed by atoms with Gasteiger partial charge in [0.05, 0.1) is 0 Å². The van der Waals surface area contributed by atoms with E-state index in [1.54, 1.807) is 0 Å². The van der Waals surface area contributed by atoms with Crippen LogP contribution in [0.15, 0.2) is 0 Å². The van der Waals surface area contributed by atoms with Gasteiger partial charge < -0.3 is 5.73 Å². The van der Waals surface area contributed by atoms with Gasteiger partial charge in [-0.05, 0) is 12.5 Å². The van der Waals surface area contributed by atoms with E-state index in [0.29, 0.717) is 18.0 Å². The Morgan fingerprint density at radius 3 is 2.71 bits per heavy atom. The summed E-state index contributed by atoms with van der Waals surface area (Å²) in [5, 5.41) is 11.0. The second kappa shape index (κ2) is 4.22. The van der Waals surface area contributed by atoms with Crippen molar-refractivity contribution in [2.75, 3.05) is 6.54 Å². The molecule has 9 heteroatoms. The molecule has 1 unspecified atom stereocenters. The minimum Gasteiger partial charge on any atom is -0.330 e. The van der Waals surface area contributed by atoms with E-state index in [0.717, 1.165) is 15.9 Å². The average Bonchev–Trinajstić information content (AvgIpc) is 2.74. The first kappa shape index (κ1) is 12.2. The highest BCUT2D eigenvalue weighted by molar-refractivity contribution is 7.16. The number of fused-ring (bicyclic) bond motifs is 1. The third-order valence-corrected chi connectivity index (χ3v) is 3.13. The van der Waals surface area contributed by atoms with Crippen molar-refractivity contribution in [3.05, 3.63) is 10.8 Å². The zero-order chi connectivity index (χ0) is 12.6. The third kappa shape index (κ3) is 2.39. The maximum atomic E-state index is 12.5. The molecule has 2 heterocycles. The summed E-state index contributed by atoms with van der Waals surface area (Å²) < 4.78 is 38.3. The number of nitrogens with zero attached hydrogens (tertiary/aromatic N) is 4. The minimum absolute atomic E-state index is 0.150. The number of alkyl halides is 3. The van der Waals surface area contributed by atoms with E-state index in [9.17, 15) is 13.2 Å². The molecule has 17 heavy (non-hydrogen) atoms. The van der Waals surface area contributed by atoms with Crippen molar-refractivity contribution in [3.8, 4) is 0 Å². The fraction of sp³-hybridized carbons (Fsp3) is 0.625. The number of rotatable bonds is 3. The molecule has 0 saturated heterocycles. The maximum absolute atomic E-state index is 12.5. The standard InChI is InChI=1S/C8H10F3N5S/c1-4(3-12)2-5-15-16-6(8(9,10)11)13-14-7(16)17-5/h4H,2-3,12H2,1H3. The van der Waals surface area contributed by atoms with E-state index in [1.807, 2.05) is 6.92 Å². The Morgan fingerprint density at radius 1 is 1.41 bits per heavy atom. The van der Waals surface area contributed by atoms with Crippen molar-refractivity contribution in [3.63, 3.8) is 0 Å². The van der Waals surface area contributed by atoms with Gasteiger partial charge in [-0.15, -0.1) is 10.2 Å². The van der Waals surface area contributed by atoms with E-state index in [2.05, 4.69) is 15.3 Å². The number of halogens is 3. The predicted octanol–water partition coefficient (Wildman–Crippen LogP) is 1.34. The van der Waals surface area contributed by atoms with Crippen LogP contribution in [0.4, 0.5) is 13.2 Å². The van der Waals surface area contributed by atoms with E-state index < -0.39 is 12.0 Å². The highest BCUT2D eigenvalue weighted by Crippen LogP contribution is 2.29. The van der Waals surface area contributed by atoms with E-state index >= 15 is 0 Å². The number of aromatic nitrogens is 4. The van der Waals surface area contributed by atoms with Crippen LogP contribution < -0.4 is 5.73 Å². The summed E-state index contributed by atoms with van der Waals surface area (Å²) in [6, 6.07) is 0. The lowest BCUT2D eigenvalue weighted by Crippen LogP contribution is -2.14. The van der Waals surface area contributed by atoms with Crippen molar-refractivity contribution in [2.24, 2.45) is 11.7 Å². The Hall–Kier alpha value is -1.22. The van der Waals surface area contributed by atoms with Crippen LogP contribution >= 0.6 is 11.3 Å². The van der Waals surface area contributed by atoms with Crippen molar-refractivity contribution >= 4 is 16.3 Å². The molecule has 0 aromatic carbocycles. The monoisotopic (exact) mass is 265 g/mol. The smallest absolute Gasteiger partial charge is 0.330 e. The fourth-order valence-electron chi connectivity index (χ4n) is 1.30. The molecule has 0 radical (unpaired) electrons. The lowest BCUT2D eigenvalue weighted by atomic mass is 10.1. The van der Waals surface area contributed by atoms with Crippen molar-refractivity contribution in [1.82, 2.24) is 19.8 Å². The van der Waals surface area contributed by atoms with Crippen LogP contribution in [0.3, 0.4) is 0 Å². The van der Waals surface area contributed by atoms with Crippen LogP contribution in [-0.4, -0.2) is 26.4 Å². The van der Waals surface area contributed by atoms with Crippen LogP contribution in [0.2, 0.25) is 0 Å². The summed E-state index contributed by atoms with van der Waals surface area (Å²) in [5.41, 5.74) is 5.45. The molecule has 94 valence electrons. The average molecular weight is 265 g/mol. The lowest BCUT2D eigenvalue weighted by molar-refractivity contribution is -0.146. The number of hydrogen-bond donors (Lipinski definition) is 1. The largest absolute Gasteiger partial charge is 0.453 e. The topological polar surface area (TPSA) is 69.1 Å². The van der Waals surface area contributed by atoms with E-state index in [1.165, 1.54) is 0 Å². The second-order valence-corrected chi connectivity index (χ2v) is 4.80. The summed E-state index contributed by atoms with van der Waals surface area (Å²) in [5.74, 6) is -0.913. The molecular formula is C8H10F3N5S. The van der Waals surface area contributed by atoms with Crippen molar-refractivity contribution < 1.29 is 13.2 Å². The molecule has 1 atom stereocenters. The molecule has 0 aliphatic carbocycles. The van der Waals surface area contributed by atoms with Crippen molar-refractivity contribution in [1.29, 1.82) is 0 Å². The molecule has 0 aliphatic heterocycles. The summed E-state index contributed by atoms with van der Waals surface area (Å²) in [7, 11) is 0. The van der Waals surface area contributed by atoms with Gasteiger partial charge in [0.2, 0.25) is 4.96 Å². The summed E-state index contributed by atoms with van der Waals surface area (Å²) in [6.07, 6.45) is -3.99. The summed E-state index contributed by atoms with van der Waals surface area (Å²) in [4.78, 5) is 0.150. The molecule has 2 aromatic heterocycles. The van der Waals surface area contributed by atoms with Gasteiger partial charge in [-0.2, -0.15) is 22.8 Å². The SMILES string of the molecule is CC(CN)Cc1nn2c(C(F)(F)F)nnc2s1. The molecule has 0 spiro atoms. The fourth-order valence-corrected chi connectivity index (χ4v) is 2.29. The minimum atomic E-state index is -4.54. The highest BCUT2D eigenvalue weighted by atomic mass is 32.1. The predicted molar refractivity (Wildman–Crippen MR) is 55.6 cm³/mol. The molecule has 0 amide bonds. The second-order valence-electron chi connectivity index (χ2n) is 3.76. The maximum Gasteiger partial charge on any atom is 0.453 e. The Kier molecular flexibility index (Phi) is 3.04. The molecule has 0 fully saturated rings. The van der Waals surface area contributed by atoms with Crippen LogP contribution in [0, 0.1) is 5.92 Å². The zero-order valence-electron chi connectivity index (χ0n) is 8.90. The van der Waals surface area contributed by atoms with E-state index in [-0.39, 0.29) is 10.9 Å². The Balaban J connectivity index is 2.35. The van der Waals surface area contributed by atoms with Crippen LogP contribution in [-0.2, 0) is 12.6 Å². The van der Waals surface area contributed by atoms with Gasteiger partial charge >= 0.3 is 6.18 Å². The first-order valence-corrected chi connectivity index (χ1v) is 5.72. The van der Waals surface area contributed by atoms with E-state index in [4.69, 9.17) is 5.73 Å². The van der Waals surface area contributed by atoms with Gasteiger partial charge in [0.1, 0.15) is 5.01 Å². The van der Waals surface area contributed by atoms with Crippen molar-refractivity contribution in [2.45, 2.75) is 19.5 Å². The normalized spacial score (nSPS) is 14.4. The van der Waals surface area contributed by atoms with Gasteiger partial charge in [-0.25, -0.2) is 0 Å². The summed E-state index contributed by atoms with van der Waals surface area (Å²) >= 11 is 1.10. The number of nitrogens with two attached hydrogens (primary N) is 1.